The molecule has 8 heteroatoms. The van der Waals surface area contributed by atoms with Crippen LogP contribution in [0.2, 0.25) is 0 Å². The number of nitrogens with one attached hydrogen (secondary N) is 2. The van der Waals surface area contributed by atoms with Crippen LogP contribution in [0.3, 0.4) is 0 Å². The van der Waals surface area contributed by atoms with E-state index in [1.54, 1.807) is 6.07 Å². The molecule has 2 heterocycles. The molecule has 0 unspecified atom stereocenters. The number of hydrogen-bond donors (Lipinski definition) is 2. The van der Waals surface area contributed by atoms with Gasteiger partial charge in [0, 0.05) is 57.9 Å². The zero-order valence-electron chi connectivity index (χ0n) is 18.5. The molecule has 170 valence electrons. The molecule has 31 heavy (non-hydrogen) atoms. The van der Waals surface area contributed by atoms with Gasteiger partial charge in [-0.2, -0.15) is 0 Å². The van der Waals surface area contributed by atoms with Crippen molar-refractivity contribution in [3.8, 4) is 0 Å². The number of amides is 1. The van der Waals surface area contributed by atoms with E-state index in [0.717, 1.165) is 57.2 Å². The van der Waals surface area contributed by atoms with Gasteiger partial charge in [0.15, 0.2) is 11.7 Å². The lowest BCUT2D eigenvalue weighted by molar-refractivity contribution is 0.0925. The summed E-state index contributed by atoms with van der Waals surface area (Å²) in [6.45, 7) is 11.0. The molecule has 0 saturated carbocycles. The van der Waals surface area contributed by atoms with Crippen LogP contribution in [0.5, 0.6) is 0 Å². The van der Waals surface area contributed by atoms with Gasteiger partial charge in [-0.15, -0.1) is 24.0 Å². The first-order chi connectivity index (χ1) is 14.7. The summed E-state index contributed by atoms with van der Waals surface area (Å²) in [5, 5.41) is 6.30. The average Bonchev–Trinajstić information content (AvgIpc) is 3.20. The van der Waals surface area contributed by atoms with E-state index >= 15 is 0 Å². The zero-order valence-corrected chi connectivity index (χ0v) is 20.8. The number of aliphatic imine (C=N–C) groups is 1. The molecule has 0 aliphatic carbocycles. The van der Waals surface area contributed by atoms with Crippen LogP contribution >= 0.6 is 24.0 Å². The summed E-state index contributed by atoms with van der Waals surface area (Å²) in [5.41, 5.74) is 2.21. The number of guanidine groups is 1. The molecule has 2 N–H and O–H groups in total. The SMILES string of the molecule is CCNC(=NCCCNC(=O)c1occc1C)N1CCN(Cc2ccccc2)CC1.I. The maximum absolute atomic E-state index is 12.1. The Morgan fingerprint density at radius 3 is 2.48 bits per heavy atom. The monoisotopic (exact) mass is 539 g/mol. The van der Waals surface area contributed by atoms with Crippen molar-refractivity contribution in [1.82, 2.24) is 20.4 Å². The molecule has 2 aromatic rings. The highest BCUT2D eigenvalue weighted by molar-refractivity contribution is 14.0. The van der Waals surface area contributed by atoms with Crippen molar-refractivity contribution in [1.29, 1.82) is 0 Å². The molecule has 0 spiro atoms. The van der Waals surface area contributed by atoms with Gasteiger partial charge >= 0.3 is 0 Å². The Balaban J connectivity index is 0.00000341. The van der Waals surface area contributed by atoms with Crippen molar-refractivity contribution in [2.45, 2.75) is 26.8 Å². The molecule has 0 bridgehead atoms. The second-order valence-electron chi connectivity index (χ2n) is 7.53. The van der Waals surface area contributed by atoms with E-state index in [9.17, 15) is 4.79 Å². The van der Waals surface area contributed by atoms with Crippen LogP contribution in [-0.4, -0.2) is 67.5 Å². The van der Waals surface area contributed by atoms with E-state index < -0.39 is 0 Å². The van der Waals surface area contributed by atoms with Gasteiger partial charge in [-0.05, 0) is 31.9 Å². The van der Waals surface area contributed by atoms with E-state index in [2.05, 4.69) is 57.7 Å². The summed E-state index contributed by atoms with van der Waals surface area (Å²) >= 11 is 0. The van der Waals surface area contributed by atoms with E-state index in [1.165, 1.54) is 11.8 Å². The normalized spacial score (nSPS) is 14.8. The average molecular weight is 539 g/mol. The van der Waals surface area contributed by atoms with Crippen LogP contribution in [0, 0.1) is 6.92 Å². The Labute approximate surface area is 202 Å². The molecule has 1 aromatic heterocycles. The first-order valence-corrected chi connectivity index (χ1v) is 10.8. The van der Waals surface area contributed by atoms with Crippen LogP contribution in [-0.2, 0) is 6.54 Å². The number of rotatable bonds is 8. The second-order valence-corrected chi connectivity index (χ2v) is 7.53. The molecular formula is C23H34IN5O2. The summed E-state index contributed by atoms with van der Waals surface area (Å²) in [6.07, 6.45) is 2.32. The minimum absolute atomic E-state index is 0. The molecule has 3 rings (SSSR count). The van der Waals surface area contributed by atoms with E-state index in [1.807, 2.05) is 6.92 Å². The Hall–Kier alpha value is -2.07. The molecule has 1 aliphatic rings. The number of aryl methyl sites for hydroxylation is 1. The topological polar surface area (TPSA) is 73.1 Å². The Morgan fingerprint density at radius 2 is 1.84 bits per heavy atom. The van der Waals surface area contributed by atoms with E-state index in [-0.39, 0.29) is 29.9 Å². The van der Waals surface area contributed by atoms with Crippen LogP contribution < -0.4 is 10.6 Å². The summed E-state index contributed by atoms with van der Waals surface area (Å²) in [5.74, 6) is 1.19. The van der Waals surface area contributed by atoms with Crippen molar-refractivity contribution in [3.63, 3.8) is 0 Å². The third kappa shape index (κ3) is 7.84. The van der Waals surface area contributed by atoms with Gasteiger partial charge in [0.1, 0.15) is 0 Å². The predicted molar refractivity (Wildman–Crippen MR) is 135 cm³/mol. The number of furan rings is 1. The molecule has 7 nitrogen and oxygen atoms in total. The summed E-state index contributed by atoms with van der Waals surface area (Å²) in [6, 6.07) is 12.4. The maximum Gasteiger partial charge on any atom is 0.287 e. The zero-order chi connectivity index (χ0) is 21.2. The van der Waals surface area contributed by atoms with E-state index in [0.29, 0.717) is 18.8 Å². The van der Waals surface area contributed by atoms with Crippen molar-refractivity contribution in [2.75, 3.05) is 45.8 Å². The standard InChI is InChI=1S/C23H33N5O2.HI/c1-3-24-23(26-12-7-11-25-22(29)21-19(2)10-17-30-21)28-15-13-27(14-16-28)18-20-8-5-4-6-9-20;/h4-6,8-10,17H,3,7,11-16,18H2,1-2H3,(H,24,26)(H,25,29);1H. The highest BCUT2D eigenvalue weighted by atomic mass is 127. The third-order valence-corrected chi connectivity index (χ3v) is 5.21. The van der Waals surface area contributed by atoms with Gasteiger partial charge in [-0.3, -0.25) is 14.7 Å². The van der Waals surface area contributed by atoms with Crippen molar-refractivity contribution < 1.29 is 9.21 Å². The minimum Gasteiger partial charge on any atom is -0.459 e. The first-order valence-electron chi connectivity index (χ1n) is 10.8. The lowest BCUT2D eigenvalue weighted by Crippen LogP contribution is -2.52. The molecule has 1 saturated heterocycles. The fraction of sp³-hybridized carbons (Fsp3) is 0.478. The number of hydrogen-bond acceptors (Lipinski definition) is 4. The minimum atomic E-state index is -0.164. The van der Waals surface area contributed by atoms with Crippen molar-refractivity contribution in [2.24, 2.45) is 4.99 Å². The Morgan fingerprint density at radius 1 is 1.10 bits per heavy atom. The van der Waals surface area contributed by atoms with Gasteiger partial charge in [-0.1, -0.05) is 30.3 Å². The summed E-state index contributed by atoms with van der Waals surface area (Å²) in [7, 11) is 0. The molecular weight excluding hydrogens is 505 g/mol. The van der Waals surface area contributed by atoms with Gasteiger partial charge < -0.3 is 20.0 Å². The smallest absolute Gasteiger partial charge is 0.287 e. The molecule has 0 radical (unpaired) electrons. The number of piperazine rings is 1. The molecule has 0 atom stereocenters. The van der Waals surface area contributed by atoms with Crippen molar-refractivity contribution in [3.05, 3.63) is 59.5 Å². The number of halogens is 1. The number of carbonyl (C=O) groups excluding carboxylic acids is 1. The largest absolute Gasteiger partial charge is 0.459 e. The summed E-state index contributed by atoms with van der Waals surface area (Å²) in [4.78, 5) is 21.6. The van der Waals surface area contributed by atoms with Crippen LogP contribution in [0.4, 0.5) is 0 Å². The number of carbonyl (C=O) groups is 1. The number of nitrogens with zero attached hydrogens (tertiary/aromatic N) is 3. The second kappa shape index (κ2) is 13.4. The Bertz CT molecular complexity index is 816. The lowest BCUT2D eigenvalue weighted by Gasteiger charge is -2.36. The van der Waals surface area contributed by atoms with Gasteiger partial charge in [0.25, 0.3) is 5.91 Å². The van der Waals surface area contributed by atoms with E-state index in [4.69, 9.17) is 9.41 Å². The third-order valence-electron chi connectivity index (χ3n) is 5.21. The first kappa shape index (κ1) is 25.2. The molecule has 1 fully saturated rings. The van der Waals surface area contributed by atoms with Crippen molar-refractivity contribution >= 4 is 35.8 Å². The lowest BCUT2D eigenvalue weighted by atomic mass is 10.2. The number of benzene rings is 1. The fourth-order valence-electron chi connectivity index (χ4n) is 3.54. The highest BCUT2D eigenvalue weighted by Crippen LogP contribution is 2.09. The predicted octanol–water partition coefficient (Wildman–Crippen LogP) is 3.11. The quantitative estimate of drug-likeness (QED) is 0.234. The van der Waals surface area contributed by atoms with Gasteiger partial charge in [0.05, 0.1) is 6.26 Å². The van der Waals surface area contributed by atoms with Crippen LogP contribution in [0.25, 0.3) is 0 Å². The van der Waals surface area contributed by atoms with Gasteiger partial charge in [0.2, 0.25) is 0 Å². The molecule has 1 aliphatic heterocycles. The highest BCUT2D eigenvalue weighted by Gasteiger charge is 2.19. The summed E-state index contributed by atoms with van der Waals surface area (Å²) < 4.78 is 5.22. The fourth-order valence-corrected chi connectivity index (χ4v) is 3.54. The molecule has 1 amide bonds. The maximum atomic E-state index is 12.1. The van der Waals surface area contributed by atoms with Crippen LogP contribution in [0.15, 0.2) is 52.1 Å². The van der Waals surface area contributed by atoms with Gasteiger partial charge in [-0.25, -0.2) is 0 Å². The molecule has 1 aromatic carbocycles. The Kier molecular flexibility index (Phi) is 10.9. The van der Waals surface area contributed by atoms with Crippen LogP contribution in [0.1, 0.15) is 35.0 Å².